The van der Waals surface area contributed by atoms with E-state index in [1.165, 1.54) is 14.2 Å². The van der Waals surface area contributed by atoms with Crippen LogP contribution in [0.1, 0.15) is 23.7 Å². The number of methoxy groups -OCH3 is 2. The largest absolute Gasteiger partial charge is 0.493 e. The normalized spacial score (nSPS) is 11.5. The molecule has 0 aliphatic rings. The van der Waals surface area contributed by atoms with Crippen LogP contribution in [0.25, 0.3) is 0 Å². The Balaban J connectivity index is 3.02. The maximum Gasteiger partial charge on any atom is 0.326 e. The van der Waals surface area contributed by atoms with E-state index in [1.807, 2.05) is 0 Å². The number of carbonyl (C=O) groups excluding carboxylic acids is 1. The number of rotatable bonds is 6. The summed E-state index contributed by atoms with van der Waals surface area (Å²) in [4.78, 5) is 23.0. The Morgan fingerprint density at radius 2 is 2.00 bits per heavy atom. The van der Waals surface area contributed by atoms with Gasteiger partial charge in [-0.2, -0.15) is 0 Å². The smallest absolute Gasteiger partial charge is 0.326 e. The minimum atomic E-state index is -1.07. The number of nitrogens with one attached hydrogen (secondary N) is 1. The highest BCUT2D eigenvalue weighted by atomic mass is 16.5. The summed E-state index contributed by atoms with van der Waals surface area (Å²) in [6.45, 7) is 1.68. The van der Waals surface area contributed by atoms with Gasteiger partial charge in [-0.1, -0.05) is 13.0 Å². The van der Waals surface area contributed by atoms with Gasteiger partial charge in [-0.3, -0.25) is 4.79 Å². The molecule has 6 nitrogen and oxygen atoms in total. The van der Waals surface area contributed by atoms with Gasteiger partial charge in [0, 0.05) is 0 Å². The van der Waals surface area contributed by atoms with Crippen molar-refractivity contribution in [2.45, 2.75) is 19.4 Å². The van der Waals surface area contributed by atoms with Crippen LogP contribution in [0.5, 0.6) is 11.5 Å². The van der Waals surface area contributed by atoms with Crippen LogP contribution in [0.3, 0.4) is 0 Å². The molecule has 19 heavy (non-hydrogen) atoms. The van der Waals surface area contributed by atoms with Crippen LogP contribution in [-0.2, 0) is 4.79 Å². The molecule has 0 aromatic heterocycles. The summed E-state index contributed by atoms with van der Waals surface area (Å²) in [7, 11) is 2.88. The van der Waals surface area contributed by atoms with Crippen molar-refractivity contribution < 1.29 is 24.2 Å². The van der Waals surface area contributed by atoms with Crippen LogP contribution >= 0.6 is 0 Å². The molecule has 0 unspecified atom stereocenters. The maximum absolute atomic E-state index is 12.1. The van der Waals surface area contributed by atoms with Gasteiger partial charge in [0.1, 0.15) is 6.04 Å². The van der Waals surface area contributed by atoms with Crippen molar-refractivity contribution in [2.24, 2.45) is 0 Å². The number of hydrogen-bond acceptors (Lipinski definition) is 4. The molecule has 0 heterocycles. The van der Waals surface area contributed by atoms with Crippen molar-refractivity contribution in [3.05, 3.63) is 23.8 Å². The number of carboxylic acids is 1. The molecule has 0 bridgehead atoms. The molecule has 0 radical (unpaired) electrons. The molecule has 1 amide bonds. The molecule has 0 aliphatic heterocycles. The van der Waals surface area contributed by atoms with Gasteiger partial charge >= 0.3 is 5.97 Å². The summed E-state index contributed by atoms with van der Waals surface area (Å²) >= 11 is 0. The monoisotopic (exact) mass is 267 g/mol. The minimum Gasteiger partial charge on any atom is -0.493 e. The fraction of sp³-hybridized carbons (Fsp3) is 0.385. The van der Waals surface area contributed by atoms with Crippen molar-refractivity contribution in [3.63, 3.8) is 0 Å². The molecule has 0 aliphatic carbocycles. The first-order valence-corrected chi connectivity index (χ1v) is 5.79. The second kappa shape index (κ2) is 6.63. The summed E-state index contributed by atoms with van der Waals surface area (Å²) in [6, 6.07) is 3.91. The number of amides is 1. The van der Waals surface area contributed by atoms with Crippen LogP contribution in [0.2, 0.25) is 0 Å². The minimum absolute atomic E-state index is 0.238. The lowest BCUT2D eigenvalue weighted by Gasteiger charge is -2.15. The lowest BCUT2D eigenvalue weighted by Crippen LogP contribution is -2.40. The van der Waals surface area contributed by atoms with Crippen molar-refractivity contribution in [3.8, 4) is 11.5 Å². The number of carbonyl (C=O) groups is 2. The topological polar surface area (TPSA) is 84.9 Å². The molecule has 1 atom stereocenters. The summed E-state index contributed by atoms with van der Waals surface area (Å²) in [5.41, 5.74) is 0.238. The Kier molecular flexibility index (Phi) is 5.17. The van der Waals surface area contributed by atoms with E-state index in [9.17, 15) is 9.59 Å². The van der Waals surface area contributed by atoms with E-state index in [2.05, 4.69) is 5.32 Å². The molecule has 1 aromatic rings. The molecular weight excluding hydrogens is 250 g/mol. The van der Waals surface area contributed by atoms with E-state index in [4.69, 9.17) is 14.6 Å². The second-order valence-electron chi connectivity index (χ2n) is 3.81. The van der Waals surface area contributed by atoms with Crippen molar-refractivity contribution >= 4 is 11.9 Å². The number of benzene rings is 1. The molecule has 0 spiro atoms. The first kappa shape index (κ1) is 14.8. The Bertz CT molecular complexity index is 472. The van der Waals surface area contributed by atoms with Gasteiger partial charge in [-0.05, 0) is 18.6 Å². The van der Waals surface area contributed by atoms with Crippen molar-refractivity contribution in [1.29, 1.82) is 0 Å². The third-order valence-electron chi connectivity index (χ3n) is 2.66. The SMILES string of the molecule is CC[C@H](NC(=O)c1cccc(OC)c1OC)C(=O)O. The van der Waals surface area contributed by atoms with Gasteiger partial charge in [-0.15, -0.1) is 0 Å². The highest BCUT2D eigenvalue weighted by Crippen LogP contribution is 2.30. The number of hydrogen-bond donors (Lipinski definition) is 2. The molecule has 1 rings (SSSR count). The molecule has 0 saturated carbocycles. The summed E-state index contributed by atoms with van der Waals surface area (Å²) in [5.74, 6) is -0.885. The average molecular weight is 267 g/mol. The van der Waals surface area contributed by atoms with E-state index in [-0.39, 0.29) is 11.3 Å². The Hall–Kier alpha value is -2.24. The van der Waals surface area contributed by atoms with Gasteiger partial charge in [0.15, 0.2) is 11.5 Å². The first-order valence-electron chi connectivity index (χ1n) is 5.79. The zero-order chi connectivity index (χ0) is 14.4. The highest BCUT2D eigenvalue weighted by Gasteiger charge is 2.22. The number of para-hydroxylation sites is 1. The van der Waals surface area contributed by atoms with Crippen LogP contribution in [0.15, 0.2) is 18.2 Å². The van der Waals surface area contributed by atoms with E-state index >= 15 is 0 Å². The second-order valence-corrected chi connectivity index (χ2v) is 3.81. The molecule has 1 aromatic carbocycles. The molecule has 2 N–H and O–H groups in total. The third-order valence-corrected chi connectivity index (χ3v) is 2.66. The lowest BCUT2D eigenvalue weighted by atomic mass is 10.1. The third kappa shape index (κ3) is 3.37. The Morgan fingerprint density at radius 1 is 1.32 bits per heavy atom. The predicted molar refractivity (Wildman–Crippen MR) is 68.7 cm³/mol. The fourth-order valence-corrected chi connectivity index (χ4v) is 1.64. The van der Waals surface area contributed by atoms with E-state index in [0.717, 1.165) is 0 Å². The summed E-state index contributed by atoms with van der Waals surface area (Å²) < 4.78 is 10.2. The average Bonchev–Trinajstić information content (AvgIpc) is 2.42. The van der Waals surface area contributed by atoms with Crippen molar-refractivity contribution in [1.82, 2.24) is 5.32 Å². The maximum atomic E-state index is 12.1. The standard InChI is InChI=1S/C13H17NO5/c1-4-9(13(16)17)14-12(15)8-6-5-7-10(18-2)11(8)19-3/h5-7,9H,4H2,1-3H3,(H,14,15)(H,16,17)/t9-/m0/s1. The van der Waals surface area contributed by atoms with Crippen molar-refractivity contribution in [2.75, 3.05) is 14.2 Å². The van der Waals surface area contributed by atoms with E-state index in [1.54, 1.807) is 25.1 Å². The predicted octanol–water partition coefficient (Wildman–Crippen LogP) is 1.30. The molecule has 104 valence electrons. The van der Waals surface area contributed by atoms with Crippen LogP contribution in [0.4, 0.5) is 0 Å². The van der Waals surface area contributed by atoms with Gasteiger partial charge < -0.3 is 19.9 Å². The zero-order valence-electron chi connectivity index (χ0n) is 11.1. The first-order chi connectivity index (χ1) is 9.04. The lowest BCUT2D eigenvalue weighted by molar-refractivity contribution is -0.139. The van der Waals surface area contributed by atoms with Crippen LogP contribution in [0, 0.1) is 0 Å². The molecule has 0 fully saturated rings. The van der Waals surface area contributed by atoms with Gasteiger partial charge in [0.2, 0.25) is 0 Å². The van der Waals surface area contributed by atoms with E-state index < -0.39 is 17.9 Å². The molecule has 6 heteroatoms. The Morgan fingerprint density at radius 3 is 2.47 bits per heavy atom. The quantitative estimate of drug-likeness (QED) is 0.811. The summed E-state index contributed by atoms with van der Waals surface area (Å²) in [5, 5.41) is 11.4. The Labute approximate surface area is 111 Å². The number of carboxylic acid groups (broad SMARTS) is 1. The van der Waals surface area contributed by atoms with Crippen LogP contribution < -0.4 is 14.8 Å². The van der Waals surface area contributed by atoms with Gasteiger partial charge in [0.05, 0.1) is 19.8 Å². The fourth-order valence-electron chi connectivity index (χ4n) is 1.64. The van der Waals surface area contributed by atoms with E-state index in [0.29, 0.717) is 12.2 Å². The highest BCUT2D eigenvalue weighted by molar-refractivity contribution is 5.99. The number of ether oxygens (including phenoxy) is 2. The van der Waals surface area contributed by atoms with Crippen LogP contribution in [-0.4, -0.2) is 37.2 Å². The van der Waals surface area contributed by atoms with Gasteiger partial charge in [-0.25, -0.2) is 4.79 Å². The summed E-state index contributed by atoms with van der Waals surface area (Å²) in [6.07, 6.45) is 0.299. The zero-order valence-corrected chi connectivity index (χ0v) is 11.1. The molecular formula is C13H17NO5. The molecule has 0 saturated heterocycles. The van der Waals surface area contributed by atoms with Gasteiger partial charge in [0.25, 0.3) is 5.91 Å². The number of aliphatic carboxylic acids is 1.